The van der Waals surface area contributed by atoms with E-state index in [0.717, 1.165) is 0 Å². The number of carbonyl (C=O) groups excluding carboxylic acids is 3. The Morgan fingerprint density at radius 2 is 2.00 bits per heavy atom. The van der Waals surface area contributed by atoms with Crippen molar-refractivity contribution in [2.24, 2.45) is 0 Å². The average Bonchev–Trinajstić information content (AvgIpc) is 2.84. The molecule has 0 radical (unpaired) electrons. The lowest BCUT2D eigenvalue weighted by Gasteiger charge is -2.24. The molecule has 0 spiro atoms. The number of nitrogens with zero attached hydrogens (tertiary/aromatic N) is 1. The number of aliphatic hydroxyl groups is 1. The van der Waals surface area contributed by atoms with Crippen LogP contribution in [0.2, 0.25) is 0 Å². The number of rotatable bonds is 6. The van der Waals surface area contributed by atoms with Gasteiger partial charge in [0.2, 0.25) is 11.8 Å². The molecule has 1 rings (SSSR count). The highest BCUT2D eigenvalue weighted by molar-refractivity contribution is 5.90. The molecule has 3 atom stereocenters. The number of carbonyl (C=O) groups is 4. The van der Waals surface area contributed by atoms with Gasteiger partial charge >= 0.3 is 11.9 Å². The van der Waals surface area contributed by atoms with Crippen LogP contribution in [0.25, 0.3) is 0 Å². The topological polar surface area (TPSA) is 133 Å². The second kappa shape index (κ2) is 7.74. The summed E-state index contributed by atoms with van der Waals surface area (Å²) in [6.07, 6.45) is -1.05. The van der Waals surface area contributed by atoms with Crippen LogP contribution in [0, 0.1) is 0 Å². The Morgan fingerprint density at radius 3 is 2.50 bits per heavy atom. The summed E-state index contributed by atoms with van der Waals surface area (Å²) in [5, 5.41) is 20.9. The van der Waals surface area contributed by atoms with Crippen molar-refractivity contribution >= 4 is 23.8 Å². The number of aliphatic carboxylic acids is 1. The van der Waals surface area contributed by atoms with Crippen molar-refractivity contribution in [1.82, 2.24) is 10.2 Å². The molecular formula is C13H20N2O7. The van der Waals surface area contributed by atoms with Gasteiger partial charge in [-0.2, -0.15) is 0 Å². The molecule has 0 unspecified atom stereocenters. The Bertz CT molecular complexity index is 465. The highest BCUT2D eigenvalue weighted by Crippen LogP contribution is 2.18. The maximum atomic E-state index is 12.1. The largest absolute Gasteiger partial charge is 0.480 e. The van der Waals surface area contributed by atoms with Gasteiger partial charge in [0.05, 0.1) is 13.2 Å². The lowest BCUT2D eigenvalue weighted by Crippen LogP contribution is -2.50. The van der Waals surface area contributed by atoms with Crippen LogP contribution in [0.1, 0.15) is 26.2 Å². The number of likely N-dealkylation sites (tertiary alicyclic amines) is 1. The third kappa shape index (κ3) is 4.69. The lowest BCUT2D eigenvalue weighted by molar-refractivity contribution is -0.145. The van der Waals surface area contributed by atoms with Crippen LogP contribution in [0.3, 0.4) is 0 Å². The molecule has 0 aromatic heterocycles. The van der Waals surface area contributed by atoms with E-state index in [1.165, 1.54) is 18.9 Å². The summed E-state index contributed by atoms with van der Waals surface area (Å²) in [5.74, 6) is -2.91. The summed E-state index contributed by atoms with van der Waals surface area (Å²) >= 11 is 0. The van der Waals surface area contributed by atoms with Crippen molar-refractivity contribution in [1.29, 1.82) is 0 Å². The van der Waals surface area contributed by atoms with Gasteiger partial charge in [-0.25, -0.2) is 4.79 Å². The maximum Gasteiger partial charge on any atom is 0.326 e. The first-order valence-corrected chi connectivity index (χ1v) is 6.81. The number of β-amino-alcohol motifs (C(OH)–C–C–N with tert-alkyl or cyclic N) is 1. The van der Waals surface area contributed by atoms with E-state index in [9.17, 15) is 24.3 Å². The Morgan fingerprint density at radius 1 is 1.36 bits per heavy atom. The van der Waals surface area contributed by atoms with Crippen molar-refractivity contribution in [2.45, 2.75) is 44.4 Å². The van der Waals surface area contributed by atoms with E-state index in [4.69, 9.17) is 5.11 Å². The number of methoxy groups -OCH3 is 1. The van der Waals surface area contributed by atoms with E-state index in [1.807, 2.05) is 0 Å². The predicted octanol–water partition coefficient (Wildman–Crippen LogP) is -1.51. The number of nitrogens with one attached hydrogen (secondary N) is 1. The van der Waals surface area contributed by atoms with Gasteiger partial charge in [-0.15, -0.1) is 0 Å². The van der Waals surface area contributed by atoms with Gasteiger partial charge in [0.25, 0.3) is 0 Å². The van der Waals surface area contributed by atoms with Crippen LogP contribution in [0.4, 0.5) is 0 Å². The molecule has 124 valence electrons. The minimum absolute atomic E-state index is 0.0350. The van der Waals surface area contributed by atoms with Crippen molar-refractivity contribution in [3.8, 4) is 0 Å². The van der Waals surface area contributed by atoms with Crippen LogP contribution >= 0.6 is 0 Å². The standard InChI is InChI=1S/C13H20N2O7/c1-7(16)15-6-8(17)5-10(15)12(19)14-9(13(20)21)3-4-11(18)22-2/h8-10,17H,3-6H2,1-2H3,(H,14,19)(H,20,21)/t8-,9-,10+/m1/s1. The molecule has 0 aromatic rings. The summed E-state index contributed by atoms with van der Waals surface area (Å²) in [4.78, 5) is 47.0. The van der Waals surface area contributed by atoms with Crippen molar-refractivity contribution in [3.05, 3.63) is 0 Å². The zero-order valence-electron chi connectivity index (χ0n) is 12.4. The smallest absolute Gasteiger partial charge is 0.326 e. The van der Waals surface area contributed by atoms with Crippen molar-refractivity contribution in [2.75, 3.05) is 13.7 Å². The van der Waals surface area contributed by atoms with Crippen molar-refractivity contribution < 1.29 is 34.1 Å². The first-order valence-electron chi connectivity index (χ1n) is 6.81. The molecular weight excluding hydrogens is 296 g/mol. The molecule has 0 saturated carbocycles. The zero-order valence-corrected chi connectivity index (χ0v) is 12.4. The minimum atomic E-state index is -1.29. The summed E-state index contributed by atoms with van der Waals surface area (Å²) in [6, 6.07) is -2.18. The summed E-state index contributed by atoms with van der Waals surface area (Å²) in [5.41, 5.74) is 0. The fourth-order valence-corrected chi connectivity index (χ4v) is 2.30. The molecule has 0 aromatic carbocycles. The third-order valence-corrected chi connectivity index (χ3v) is 3.47. The Labute approximate surface area is 127 Å². The zero-order chi connectivity index (χ0) is 16.9. The Kier molecular flexibility index (Phi) is 6.29. The molecule has 9 nitrogen and oxygen atoms in total. The maximum absolute atomic E-state index is 12.1. The normalized spacial score (nSPS) is 22.0. The van der Waals surface area contributed by atoms with Crippen LogP contribution < -0.4 is 5.32 Å². The van der Waals surface area contributed by atoms with E-state index >= 15 is 0 Å². The van der Waals surface area contributed by atoms with Gasteiger partial charge in [-0.05, 0) is 6.42 Å². The Hall–Kier alpha value is -2.16. The molecule has 2 amide bonds. The number of hydrogen-bond donors (Lipinski definition) is 3. The van der Waals surface area contributed by atoms with E-state index in [2.05, 4.69) is 10.1 Å². The van der Waals surface area contributed by atoms with E-state index < -0.39 is 36.0 Å². The van der Waals surface area contributed by atoms with Gasteiger partial charge in [-0.3, -0.25) is 14.4 Å². The van der Waals surface area contributed by atoms with Gasteiger partial charge in [0.1, 0.15) is 12.1 Å². The summed E-state index contributed by atoms with van der Waals surface area (Å²) in [6.45, 7) is 1.30. The molecule has 3 N–H and O–H groups in total. The lowest BCUT2D eigenvalue weighted by atomic mass is 10.1. The molecule has 0 aliphatic carbocycles. The molecule has 1 aliphatic heterocycles. The second-order valence-electron chi connectivity index (χ2n) is 5.09. The second-order valence-corrected chi connectivity index (χ2v) is 5.09. The first-order chi connectivity index (χ1) is 10.3. The summed E-state index contributed by atoms with van der Waals surface area (Å²) < 4.78 is 4.42. The predicted molar refractivity (Wildman–Crippen MR) is 72.6 cm³/mol. The van der Waals surface area contributed by atoms with E-state index in [1.54, 1.807) is 0 Å². The minimum Gasteiger partial charge on any atom is -0.480 e. The van der Waals surface area contributed by atoms with Crippen LogP contribution in [-0.2, 0) is 23.9 Å². The van der Waals surface area contributed by atoms with Gasteiger partial charge < -0.3 is 25.2 Å². The number of carboxylic acid groups (broad SMARTS) is 1. The van der Waals surface area contributed by atoms with Crippen LogP contribution in [0.5, 0.6) is 0 Å². The summed E-state index contributed by atoms with van der Waals surface area (Å²) in [7, 11) is 1.18. The molecule has 1 heterocycles. The first kappa shape index (κ1) is 17.9. The number of esters is 1. The van der Waals surface area contributed by atoms with Gasteiger partial charge in [-0.1, -0.05) is 0 Å². The molecule has 22 heavy (non-hydrogen) atoms. The van der Waals surface area contributed by atoms with Gasteiger partial charge in [0.15, 0.2) is 0 Å². The quantitative estimate of drug-likeness (QED) is 0.507. The number of amides is 2. The highest BCUT2D eigenvalue weighted by Gasteiger charge is 2.38. The average molecular weight is 316 g/mol. The third-order valence-electron chi connectivity index (χ3n) is 3.47. The SMILES string of the molecule is COC(=O)CC[C@@H](NC(=O)[C@@H]1C[C@@H](O)CN1C(C)=O)C(=O)O. The molecule has 1 saturated heterocycles. The number of carboxylic acids is 1. The highest BCUT2D eigenvalue weighted by atomic mass is 16.5. The fraction of sp³-hybridized carbons (Fsp3) is 0.692. The number of ether oxygens (including phenoxy) is 1. The Balaban J connectivity index is 2.68. The molecule has 0 bridgehead atoms. The fourth-order valence-electron chi connectivity index (χ4n) is 2.30. The van der Waals surface area contributed by atoms with Crippen LogP contribution in [-0.4, -0.2) is 70.7 Å². The van der Waals surface area contributed by atoms with Crippen LogP contribution in [0.15, 0.2) is 0 Å². The molecule has 1 aliphatic rings. The monoisotopic (exact) mass is 316 g/mol. The number of hydrogen-bond acceptors (Lipinski definition) is 6. The number of aliphatic hydroxyl groups excluding tert-OH is 1. The van der Waals surface area contributed by atoms with E-state index in [-0.39, 0.29) is 31.7 Å². The molecule has 9 heteroatoms. The van der Waals surface area contributed by atoms with E-state index in [0.29, 0.717) is 0 Å². The van der Waals surface area contributed by atoms with Gasteiger partial charge in [0, 0.05) is 26.3 Å². The van der Waals surface area contributed by atoms with Crippen molar-refractivity contribution in [3.63, 3.8) is 0 Å². The molecule has 1 fully saturated rings.